The number of esters is 2. The second-order valence-electron chi connectivity index (χ2n) is 12.5. The van der Waals surface area contributed by atoms with Crippen molar-refractivity contribution < 1.29 is 38.1 Å². The number of carbonyl (C=O) groups excluding carboxylic acids is 4. The summed E-state index contributed by atoms with van der Waals surface area (Å²) in [5.41, 5.74) is 1.60. The summed E-state index contributed by atoms with van der Waals surface area (Å²) < 4.78 is 22.9. The summed E-state index contributed by atoms with van der Waals surface area (Å²) in [5.74, 6) is -3.11. The third-order valence-corrected chi connectivity index (χ3v) is 8.75. The molecule has 2 aliphatic heterocycles. The third kappa shape index (κ3) is 9.95. The lowest BCUT2D eigenvalue weighted by Gasteiger charge is -2.27. The molecule has 0 spiro atoms. The first-order valence-corrected chi connectivity index (χ1v) is 16.5. The van der Waals surface area contributed by atoms with Gasteiger partial charge in [-0.2, -0.15) is 0 Å². The van der Waals surface area contributed by atoms with Crippen LogP contribution in [0.2, 0.25) is 10.0 Å². The Labute approximate surface area is 285 Å². The molecule has 7 atom stereocenters. The van der Waals surface area contributed by atoms with Crippen molar-refractivity contribution in [1.82, 2.24) is 10.6 Å². The van der Waals surface area contributed by atoms with Crippen LogP contribution in [0.5, 0.6) is 5.75 Å². The first-order chi connectivity index (χ1) is 22.4. The predicted octanol–water partition coefficient (Wildman–Crippen LogP) is 5.39. The lowest BCUT2D eigenvalue weighted by molar-refractivity contribution is -0.176. The smallest absolute Gasteiger partial charge is 0.347 e. The second-order valence-corrected chi connectivity index (χ2v) is 13.3. The van der Waals surface area contributed by atoms with Crippen molar-refractivity contribution >= 4 is 47.0 Å². The molecule has 2 aromatic carbocycles. The average Bonchev–Trinajstić information content (AvgIpc) is 3.83. The van der Waals surface area contributed by atoms with Gasteiger partial charge in [0.15, 0.2) is 11.9 Å². The van der Waals surface area contributed by atoms with Crippen molar-refractivity contribution in [2.24, 2.45) is 17.8 Å². The highest BCUT2D eigenvalue weighted by molar-refractivity contribution is 6.37. The van der Waals surface area contributed by atoms with Gasteiger partial charge >= 0.3 is 11.9 Å². The fraction of sp³-hybridized carbons (Fsp3) is 0.486. The van der Waals surface area contributed by atoms with Gasteiger partial charge in [0.2, 0.25) is 11.8 Å². The molecule has 10 nitrogen and oxygen atoms in total. The molecule has 12 heteroatoms. The van der Waals surface area contributed by atoms with Gasteiger partial charge in [-0.15, -0.1) is 0 Å². The molecule has 4 rings (SSSR count). The second kappa shape index (κ2) is 16.5. The highest BCUT2D eigenvalue weighted by atomic mass is 35.5. The Morgan fingerprint density at radius 3 is 2.30 bits per heavy atom. The minimum Gasteiger partial charge on any atom is -0.494 e. The Hall–Kier alpha value is -3.60. The van der Waals surface area contributed by atoms with Crippen LogP contribution >= 0.6 is 23.2 Å². The van der Waals surface area contributed by atoms with E-state index in [9.17, 15) is 19.2 Å². The van der Waals surface area contributed by atoms with Gasteiger partial charge < -0.3 is 29.6 Å². The molecular weight excluding hydrogens is 647 g/mol. The standard InChI is InChI=1S/C35H42Cl2N2O8/c1-19(2)14-28-35(43)45-27(21(4)30-31(47-30)23-10-7-6-8-11-23)12-9-13-29(40)39-26(33(41)38-18-20(3)34(42)46-28)17-22-15-24(36)32(44-5)25(37)16-22/h6-11,13,15-16,19-21,26-28,30-31H,12,14,17-18H2,1-5H3,(H,38,41)(H,39,40)/b13-9+/t20-,21+,26?,27+,28+,30-,31-/m1/s1. The topological polar surface area (TPSA) is 133 Å². The molecule has 1 fully saturated rings. The van der Waals surface area contributed by atoms with Crippen LogP contribution in [0.15, 0.2) is 54.6 Å². The highest BCUT2D eigenvalue weighted by Crippen LogP contribution is 2.45. The zero-order valence-corrected chi connectivity index (χ0v) is 28.7. The molecule has 2 amide bonds. The summed E-state index contributed by atoms with van der Waals surface area (Å²) in [4.78, 5) is 53.1. The molecule has 2 aliphatic rings. The van der Waals surface area contributed by atoms with E-state index in [1.54, 1.807) is 25.1 Å². The van der Waals surface area contributed by atoms with Crippen molar-refractivity contribution in [3.63, 3.8) is 0 Å². The van der Waals surface area contributed by atoms with Crippen LogP contribution in [-0.4, -0.2) is 61.8 Å². The highest BCUT2D eigenvalue weighted by Gasteiger charge is 2.47. The van der Waals surface area contributed by atoms with Crippen LogP contribution in [0.1, 0.15) is 57.8 Å². The molecule has 2 N–H and O–H groups in total. The van der Waals surface area contributed by atoms with Crippen LogP contribution < -0.4 is 15.4 Å². The van der Waals surface area contributed by atoms with Gasteiger partial charge in [-0.3, -0.25) is 14.4 Å². The maximum atomic E-state index is 13.5. The summed E-state index contributed by atoms with van der Waals surface area (Å²) in [6, 6.07) is 11.9. The Morgan fingerprint density at radius 2 is 1.66 bits per heavy atom. The van der Waals surface area contributed by atoms with Crippen molar-refractivity contribution in [2.45, 2.75) is 77.4 Å². The molecule has 2 aromatic rings. The van der Waals surface area contributed by atoms with E-state index in [0.29, 0.717) is 11.3 Å². The summed E-state index contributed by atoms with van der Waals surface area (Å²) in [7, 11) is 1.44. The van der Waals surface area contributed by atoms with Crippen LogP contribution in [-0.2, 0) is 39.8 Å². The SMILES string of the molecule is COc1c(Cl)cc(CC2NC(=O)/C=C/C[C@@H]([C@H](C)[C@H]3O[C@@H]3c3ccccc3)OC(=O)[C@H](CC(C)C)OC(=O)[C@H](C)CNC2=O)cc1Cl. The number of epoxide rings is 1. The molecule has 0 bridgehead atoms. The fourth-order valence-corrected chi connectivity index (χ4v) is 6.16. The maximum Gasteiger partial charge on any atom is 0.347 e. The van der Waals surface area contributed by atoms with Gasteiger partial charge in [0.25, 0.3) is 0 Å². The number of nitrogens with one attached hydrogen (secondary N) is 2. The van der Waals surface area contributed by atoms with E-state index in [1.165, 1.54) is 13.2 Å². The number of hydrogen-bond acceptors (Lipinski definition) is 8. The number of benzene rings is 2. The van der Waals surface area contributed by atoms with Gasteiger partial charge in [-0.1, -0.05) is 87.3 Å². The van der Waals surface area contributed by atoms with Gasteiger partial charge in [0.1, 0.15) is 18.2 Å². The molecule has 47 heavy (non-hydrogen) atoms. The molecule has 0 saturated carbocycles. The Kier molecular flexibility index (Phi) is 12.7. The normalized spacial score (nSPS) is 27.2. The van der Waals surface area contributed by atoms with Crippen LogP contribution in [0, 0.1) is 17.8 Å². The first kappa shape index (κ1) is 36.2. The first-order valence-electron chi connectivity index (χ1n) is 15.8. The number of amides is 2. The van der Waals surface area contributed by atoms with Gasteiger partial charge in [0.05, 0.1) is 29.2 Å². The summed E-state index contributed by atoms with van der Waals surface area (Å²) in [6.07, 6.45) is 1.20. The zero-order valence-electron chi connectivity index (χ0n) is 27.2. The largest absolute Gasteiger partial charge is 0.494 e. The van der Waals surface area contributed by atoms with Crippen molar-refractivity contribution in [1.29, 1.82) is 0 Å². The predicted molar refractivity (Wildman–Crippen MR) is 177 cm³/mol. The minimum atomic E-state index is -1.14. The number of carbonyl (C=O) groups is 4. The van der Waals surface area contributed by atoms with Gasteiger partial charge in [0, 0.05) is 25.3 Å². The summed E-state index contributed by atoms with van der Waals surface area (Å²) >= 11 is 12.6. The van der Waals surface area contributed by atoms with E-state index in [2.05, 4.69) is 10.6 Å². The molecule has 0 aliphatic carbocycles. The number of halogens is 2. The fourth-order valence-electron chi connectivity index (χ4n) is 5.48. The number of rotatable bonds is 8. The molecule has 1 saturated heterocycles. The number of hydrogen-bond donors (Lipinski definition) is 2. The van der Waals surface area contributed by atoms with Crippen molar-refractivity contribution in [2.75, 3.05) is 13.7 Å². The van der Waals surface area contributed by atoms with Crippen LogP contribution in [0.4, 0.5) is 0 Å². The van der Waals surface area contributed by atoms with Gasteiger partial charge in [-0.05, 0) is 41.7 Å². The molecule has 0 aromatic heterocycles. The van der Waals surface area contributed by atoms with Crippen molar-refractivity contribution in [3.05, 3.63) is 75.8 Å². The number of ether oxygens (including phenoxy) is 4. The molecule has 254 valence electrons. The van der Waals surface area contributed by atoms with E-state index in [1.807, 2.05) is 51.1 Å². The van der Waals surface area contributed by atoms with Gasteiger partial charge in [-0.25, -0.2) is 4.79 Å². The summed E-state index contributed by atoms with van der Waals surface area (Å²) in [6.45, 7) is 7.25. The Morgan fingerprint density at radius 1 is 0.979 bits per heavy atom. The lowest BCUT2D eigenvalue weighted by Crippen LogP contribution is -2.49. The summed E-state index contributed by atoms with van der Waals surface area (Å²) in [5, 5.41) is 5.96. The Balaban J connectivity index is 1.59. The van der Waals surface area contributed by atoms with E-state index in [0.717, 1.165) is 5.56 Å². The Bertz CT molecular complexity index is 1440. The van der Waals surface area contributed by atoms with E-state index >= 15 is 0 Å². The third-order valence-electron chi connectivity index (χ3n) is 8.19. The monoisotopic (exact) mass is 688 g/mol. The van der Waals surface area contributed by atoms with Crippen LogP contribution in [0.3, 0.4) is 0 Å². The average molecular weight is 690 g/mol. The quantitative estimate of drug-likeness (QED) is 0.279. The van der Waals surface area contributed by atoms with E-state index in [-0.39, 0.29) is 59.9 Å². The maximum absolute atomic E-state index is 13.5. The molecule has 0 radical (unpaired) electrons. The number of cyclic esters (lactones) is 2. The molecule has 1 unspecified atom stereocenters. The zero-order chi connectivity index (χ0) is 34.2. The number of methoxy groups -OCH3 is 1. The molecular formula is C35H42Cl2N2O8. The van der Waals surface area contributed by atoms with E-state index in [4.69, 9.17) is 42.1 Å². The molecule has 2 heterocycles. The van der Waals surface area contributed by atoms with Crippen LogP contribution in [0.25, 0.3) is 0 Å². The van der Waals surface area contributed by atoms with E-state index < -0.39 is 47.9 Å². The van der Waals surface area contributed by atoms with Crippen molar-refractivity contribution in [3.8, 4) is 5.75 Å². The minimum absolute atomic E-state index is 0.0235. The lowest BCUT2D eigenvalue weighted by atomic mass is 9.93.